The minimum Gasteiger partial charge on any atom is -0.256 e. The van der Waals surface area contributed by atoms with E-state index in [9.17, 15) is 0 Å². The first kappa shape index (κ1) is 37.4. The van der Waals surface area contributed by atoms with Gasteiger partial charge >= 0.3 is 0 Å². The molecule has 288 valence electrons. The maximum absolute atomic E-state index is 5.33. The van der Waals surface area contributed by atoms with Gasteiger partial charge in [-0.3, -0.25) is 4.98 Å². The van der Waals surface area contributed by atoms with Crippen LogP contribution in [0.2, 0.25) is 0 Å². The second-order valence-corrected chi connectivity index (χ2v) is 16.4. The lowest BCUT2D eigenvalue weighted by atomic mass is 9.69. The number of fused-ring (bicyclic) bond motifs is 6. The summed E-state index contributed by atoms with van der Waals surface area (Å²) in [5, 5.41) is 1.13. The number of allylic oxidation sites excluding steroid dienone is 6. The lowest BCUT2D eigenvalue weighted by Crippen LogP contribution is -2.28. The fourth-order valence-corrected chi connectivity index (χ4v) is 10.1. The van der Waals surface area contributed by atoms with Gasteiger partial charge in [-0.25, -0.2) is 9.97 Å². The standard InChI is InChI=1S/C56H43N3S/c1-3-48-53(4-2)60-34-14-6-5-13-32-56(48)49-30-28-43(45-23-15-21-42-22-16-33-57-54(42)45)35-46(49)47-36-44(29-31-50(47)56)55-58-51(40-19-11-8-12-20-40)37-52(59-55)41-26-24-39(25-27-41)38-17-9-7-10-18-38/h3-31,33,35-37H,32,34H2,1-2H3/b13-5-,14-6-,48-3+,53-4+. The molecule has 0 bridgehead atoms. The van der Waals surface area contributed by atoms with Crippen LogP contribution in [0.15, 0.2) is 211 Å². The Morgan fingerprint density at radius 1 is 0.517 bits per heavy atom. The quantitative estimate of drug-likeness (QED) is 0.174. The summed E-state index contributed by atoms with van der Waals surface area (Å²) in [5.74, 6) is 1.61. The second kappa shape index (κ2) is 16.1. The molecule has 3 nitrogen and oxygen atoms in total. The monoisotopic (exact) mass is 789 g/mol. The van der Waals surface area contributed by atoms with Crippen molar-refractivity contribution in [3.63, 3.8) is 0 Å². The Morgan fingerprint density at radius 3 is 1.83 bits per heavy atom. The van der Waals surface area contributed by atoms with Crippen molar-refractivity contribution in [1.82, 2.24) is 15.0 Å². The molecule has 0 saturated carbocycles. The number of hydrogen-bond acceptors (Lipinski definition) is 4. The predicted octanol–water partition coefficient (Wildman–Crippen LogP) is 14.7. The maximum atomic E-state index is 5.33. The van der Waals surface area contributed by atoms with E-state index in [2.05, 4.69) is 196 Å². The Balaban J connectivity index is 1.18. The van der Waals surface area contributed by atoms with Crippen molar-refractivity contribution in [2.75, 3.05) is 5.75 Å². The van der Waals surface area contributed by atoms with Crippen LogP contribution in [0.4, 0.5) is 0 Å². The van der Waals surface area contributed by atoms with E-state index in [1.165, 1.54) is 43.9 Å². The number of hydrogen-bond donors (Lipinski definition) is 0. The zero-order chi connectivity index (χ0) is 40.5. The Bertz CT molecular complexity index is 3010. The summed E-state index contributed by atoms with van der Waals surface area (Å²) in [5.41, 5.74) is 16.5. The molecular weight excluding hydrogens is 747 g/mol. The molecule has 1 atom stereocenters. The largest absolute Gasteiger partial charge is 0.256 e. The van der Waals surface area contributed by atoms with Gasteiger partial charge in [0.2, 0.25) is 0 Å². The third-order valence-corrected chi connectivity index (χ3v) is 13.1. The van der Waals surface area contributed by atoms with Crippen LogP contribution in [0.25, 0.3) is 78.2 Å². The lowest BCUT2D eigenvalue weighted by Gasteiger charge is -2.36. The number of benzene rings is 6. The molecule has 0 fully saturated rings. The highest BCUT2D eigenvalue weighted by atomic mass is 32.2. The Hall–Kier alpha value is -6.88. The van der Waals surface area contributed by atoms with E-state index in [4.69, 9.17) is 15.0 Å². The molecule has 3 heterocycles. The minimum absolute atomic E-state index is 0.400. The first-order chi connectivity index (χ1) is 29.6. The van der Waals surface area contributed by atoms with Gasteiger partial charge in [0.25, 0.3) is 0 Å². The van der Waals surface area contributed by atoms with E-state index >= 15 is 0 Å². The van der Waals surface area contributed by atoms with Gasteiger partial charge in [0.1, 0.15) is 0 Å². The normalized spacial score (nSPS) is 18.4. The molecule has 1 aliphatic heterocycles. The summed E-state index contributed by atoms with van der Waals surface area (Å²) < 4.78 is 0. The zero-order valence-electron chi connectivity index (χ0n) is 33.7. The summed E-state index contributed by atoms with van der Waals surface area (Å²) in [6.45, 7) is 4.37. The van der Waals surface area contributed by atoms with E-state index in [1.54, 1.807) is 0 Å². The Morgan fingerprint density at radius 2 is 1.12 bits per heavy atom. The number of pyridine rings is 1. The van der Waals surface area contributed by atoms with Gasteiger partial charge in [0, 0.05) is 44.5 Å². The fourth-order valence-electron chi connectivity index (χ4n) is 9.14. The molecule has 0 N–H and O–H groups in total. The van der Waals surface area contributed by atoms with Crippen molar-refractivity contribution >= 4 is 22.7 Å². The van der Waals surface area contributed by atoms with Crippen LogP contribution in [-0.4, -0.2) is 20.7 Å². The van der Waals surface area contributed by atoms with Crippen LogP contribution in [0.3, 0.4) is 0 Å². The molecule has 10 rings (SSSR count). The SMILES string of the molecule is C/C=C1\C(=C/C)SC/C=C\C=C/CC12c1ccc(-c3nc(-c4ccccc4)cc(-c4ccc(-c5ccccc5)cc4)n3)cc1-c1cc(-c3cccc4cccnc34)ccc12. The maximum Gasteiger partial charge on any atom is 0.160 e. The third kappa shape index (κ3) is 6.63. The summed E-state index contributed by atoms with van der Waals surface area (Å²) >= 11 is 1.91. The Kier molecular flexibility index (Phi) is 10.0. The predicted molar refractivity (Wildman–Crippen MR) is 254 cm³/mol. The average molecular weight is 790 g/mol. The van der Waals surface area contributed by atoms with Crippen LogP contribution < -0.4 is 0 Å². The second-order valence-electron chi connectivity index (χ2n) is 15.3. The fraction of sp³-hybridized carbons (Fsp3) is 0.0893. The van der Waals surface area contributed by atoms with Crippen LogP contribution in [0.5, 0.6) is 0 Å². The van der Waals surface area contributed by atoms with Gasteiger partial charge in [-0.15, -0.1) is 11.8 Å². The van der Waals surface area contributed by atoms with Crippen LogP contribution >= 0.6 is 11.8 Å². The van der Waals surface area contributed by atoms with Crippen molar-refractivity contribution in [3.05, 3.63) is 222 Å². The molecule has 1 spiro atoms. The van der Waals surface area contributed by atoms with Crippen molar-refractivity contribution in [2.45, 2.75) is 25.7 Å². The molecule has 2 aromatic heterocycles. The van der Waals surface area contributed by atoms with E-state index < -0.39 is 5.41 Å². The lowest BCUT2D eigenvalue weighted by molar-refractivity contribution is 0.640. The van der Waals surface area contributed by atoms with E-state index in [1.807, 2.05) is 30.1 Å². The summed E-state index contributed by atoms with van der Waals surface area (Å²) in [6, 6.07) is 56.4. The Labute approximate surface area is 356 Å². The number of para-hydroxylation sites is 1. The molecule has 8 aromatic rings. The van der Waals surface area contributed by atoms with E-state index in [0.717, 1.165) is 62.3 Å². The topological polar surface area (TPSA) is 38.7 Å². The van der Waals surface area contributed by atoms with Crippen molar-refractivity contribution < 1.29 is 0 Å². The summed E-state index contributed by atoms with van der Waals surface area (Å²) in [6.07, 6.45) is 16.4. The zero-order valence-corrected chi connectivity index (χ0v) is 34.5. The molecule has 0 radical (unpaired) electrons. The molecule has 0 amide bonds. The smallest absolute Gasteiger partial charge is 0.160 e. The first-order valence-corrected chi connectivity index (χ1v) is 21.7. The van der Waals surface area contributed by atoms with Gasteiger partial charge in [0.05, 0.1) is 22.3 Å². The van der Waals surface area contributed by atoms with Crippen LogP contribution in [0, 0.1) is 0 Å². The first-order valence-electron chi connectivity index (χ1n) is 20.7. The van der Waals surface area contributed by atoms with Gasteiger partial charge < -0.3 is 0 Å². The van der Waals surface area contributed by atoms with Gasteiger partial charge in [-0.2, -0.15) is 0 Å². The molecule has 2 aliphatic rings. The molecule has 6 aromatic carbocycles. The average Bonchev–Trinajstić information content (AvgIpc) is 3.59. The summed E-state index contributed by atoms with van der Waals surface area (Å²) in [4.78, 5) is 16.8. The highest BCUT2D eigenvalue weighted by molar-refractivity contribution is 8.03. The van der Waals surface area contributed by atoms with Gasteiger partial charge in [0.15, 0.2) is 5.82 Å². The van der Waals surface area contributed by atoms with Gasteiger partial charge in [-0.1, -0.05) is 170 Å². The van der Waals surface area contributed by atoms with Crippen LogP contribution in [-0.2, 0) is 5.41 Å². The number of rotatable bonds is 5. The third-order valence-electron chi connectivity index (χ3n) is 12.0. The highest BCUT2D eigenvalue weighted by Gasteiger charge is 2.46. The summed E-state index contributed by atoms with van der Waals surface area (Å²) in [7, 11) is 0. The molecule has 4 heteroatoms. The number of nitrogens with zero attached hydrogens (tertiary/aromatic N) is 3. The molecule has 1 aliphatic carbocycles. The minimum atomic E-state index is -0.400. The van der Waals surface area contributed by atoms with E-state index in [-0.39, 0.29) is 0 Å². The molecular formula is C56H43N3S. The molecule has 0 saturated heterocycles. The molecule has 1 unspecified atom stereocenters. The van der Waals surface area contributed by atoms with Crippen LogP contribution in [0.1, 0.15) is 31.4 Å². The van der Waals surface area contributed by atoms with Crippen molar-refractivity contribution in [1.29, 1.82) is 0 Å². The molecule has 60 heavy (non-hydrogen) atoms. The number of aromatic nitrogens is 3. The van der Waals surface area contributed by atoms with Crippen molar-refractivity contribution in [3.8, 4) is 67.3 Å². The number of thioether (sulfide) groups is 1. The highest BCUT2D eigenvalue weighted by Crippen LogP contribution is 2.58. The van der Waals surface area contributed by atoms with Gasteiger partial charge in [-0.05, 0) is 89.1 Å². The van der Waals surface area contributed by atoms with Crippen molar-refractivity contribution in [2.24, 2.45) is 0 Å². The van der Waals surface area contributed by atoms with E-state index in [0.29, 0.717) is 5.82 Å².